The number of hydrogen-bond acceptors (Lipinski definition) is 3. The van der Waals surface area contributed by atoms with E-state index in [9.17, 15) is 9.59 Å². The molecule has 0 atom stereocenters. The highest BCUT2D eigenvalue weighted by Gasteiger charge is 2.21. The largest absolute Gasteiger partial charge is 0.352 e. The maximum atomic E-state index is 13.1. The lowest BCUT2D eigenvalue weighted by Crippen LogP contribution is -2.26. The molecule has 0 saturated carbocycles. The molecule has 2 heterocycles. The van der Waals surface area contributed by atoms with Crippen LogP contribution < -0.4 is 10.6 Å². The molecule has 0 radical (unpaired) electrons. The second kappa shape index (κ2) is 8.98. The number of halogens is 3. The van der Waals surface area contributed by atoms with E-state index in [0.29, 0.717) is 49.4 Å². The monoisotopic (exact) mass is 494 g/mol. The van der Waals surface area contributed by atoms with E-state index in [1.165, 1.54) is 6.07 Å². The molecular weight excluding hydrogens is 479 g/mol. The molecule has 0 saturated heterocycles. The highest BCUT2D eigenvalue weighted by atomic mass is 79.9. The predicted octanol–water partition coefficient (Wildman–Crippen LogP) is 5.25. The van der Waals surface area contributed by atoms with E-state index in [1.54, 1.807) is 48.1 Å². The summed E-state index contributed by atoms with van der Waals surface area (Å²) in [5.41, 5.74) is 1.65. The molecule has 3 aromatic rings. The van der Waals surface area contributed by atoms with E-state index >= 15 is 0 Å². The Morgan fingerprint density at radius 2 is 1.97 bits per heavy atom. The highest BCUT2D eigenvalue weighted by molar-refractivity contribution is 9.10. The van der Waals surface area contributed by atoms with Crippen LogP contribution in [0.1, 0.15) is 33.3 Å². The summed E-state index contributed by atoms with van der Waals surface area (Å²) < 4.78 is 2.26. The van der Waals surface area contributed by atoms with Gasteiger partial charge in [0.2, 0.25) is 0 Å². The quantitative estimate of drug-likeness (QED) is 0.507. The van der Waals surface area contributed by atoms with E-state index < -0.39 is 5.91 Å². The van der Waals surface area contributed by atoms with Crippen LogP contribution in [0.5, 0.6) is 0 Å². The van der Waals surface area contributed by atoms with Gasteiger partial charge < -0.3 is 10.6 Å². The molecule has 9 heteroatoms. The third-order valence-corrected chi connectivity index (χ3v) is 5.05. The summed E-state index contributed by atoms with van der Waals surface area (Å²) in [5.74, 6) is -0.326. The number of carbonyl (C=O) groups excluding carboxylic acids is 2. The maximum Gasteiger partial charge on any atom is 0.272 e. The number of nitrogens with zero attached hydrogens (tertiary/aromatic N) is 2. The van der Waals surface area contributed by atoms with Crippen molar-refractivity contribution in [1.82, 2.24) is 14.9 Å². The molecule has 2 aromatic heterocycles. The summed E-state index contributed by atoms with van der Waals surface area (Å²) in [6, 6.07) is 8.26. The zero-order chi connectivity index (χ0) is 21.1. The Kier molecular flexibility index (Phi) is 6.62. The molecule has 0 bridgehead atoms. The van der Waals surface area contributed by atoms with Gasteiger partial charge in [0.05, 0.1) is 16.3 Å². The van der Waals surface area contributed by atoms with Crippen LogP contribution in [0.4, 0.5) is 5.69 Å². The average Bonchev–Trinajstić information content (AvgIpc) is 3.05. The van der Waals surface area contributed by atoms with Crippen molar-refractivity contribution in [1.29, 1.82) is 0 Å². The number of anilines is 1. The summed E-state index contributed by atoms with van der Waals surface area (Å²) in [6.07, 6.45) is 3.29. The van der Waals surface area contributed by atoms with Crippen LogP contribution in [-0.2, 0) is 0 Å². The van der Waals surface area contributed by atoms with Crippen molar-refractivity contribution in [2.75, 3.05) is 11.9 Å². The van der Waals surface area contributed by atoms with Gasteiger partial charge >= 0.3 is 0 Å². The van der Waals surface area contributed by atoms with Crippen molar-refractivity contribution < 1.29 is 9.59 Å². The summed E-state index contributed by atoms with van der Waals surface area (Å²) in [4.78, 5) is 29.8. The average molecular weight is 496 g/mol. The van der Waals surface area contributed by atoms with Crippen LogP contribution in [0.25, 0.3) is 5.82 Å². The van der Waals surface area contributed by atoms with Gasteiger partial charge in [0, 0.05) is 28.4 Å². The summed E-state index contributed by atoms with van der Waals surface area (Å²) in [6.45, 7) is 4.04. The van der Waals surface area contributed by atoms with Gasteiger partial charge in [-0.1, -0.05) is 23.2 Å². The lowest BCUT2D eigenvalue weighted by Gasteiger charge is -2.15. The van der Waals surface area contributed by atoms with Crippen molar-refractivity contribution in [3.05, 3.63) is 74.1 Å². The third-order valence-electron chi connectivity index (χ3n) is 4.11. The first-order valence-corrected chi connectivity index (χ1v) is 10.2. The molecule has 0 unspecified atom stereocenters. The molecule has 2 amide bonds. The summed E-state index contributed by atoms with van der Waals surface area (Å²) in [7, 11) is 0. The standard InChI is InChI=1S/C20H17BrCl2N4O2/c1-3-24-19(28)14-9-13(22)7-11(2)17(14)26-20(29)16-8-12(21)10-27(16)18-15(23)5-4-6-25-18/h4-10H,3H2,1-2H3,(H,24,28)(H,26,29). The fraction of sp³-hybridized carbons (Fsp3) is 0.150. The number of rotatable bonds is 5. The molecule has 1 aromatic carbocycles. The lowest BCUT2D eigenvalue weighted by molar-refractivity contribution is 0.0956. The van der Waals surface area contributed by atoms with Gasteiger partial charge in [0.25, 0.3) is 11.8 Å². The topological polar surface area (TPSA) is 76.0 Å². The Hall–Kier alpha value is -2.35. The molecule has 3 rings (SSSR count). The minimum absolute atomic E-state index is 0.290. The third kappa shape index (κ3) is 4.63. The second-order valence-corrected chi connectivity index (χ2v) is 7.94. The van der Waals surface area contributed by atoms with Crippen molar-refractivity contribution in [2.24, 2.45) is 0 Å². The number of aryl methyl sites for hydroxylation is 1. The van der Waals surface area contributed by atoms with Gasteiger partial charge in [-0.15, -0.1) is 0 Å². The number of amides is 2. The number of carbonyl (C=O) groups is 2. The van der Waals surface area contributed by atoms with E-state index in [-0.39, 0.29) is 5.91 Å². The molecule has 0 aliphatic heterocycles. The summed E-state index contributed by atoms with van der Waals surface area (Å²) in [5, 5.41) is 6.37. The van der Waals surface area contributed by atoms with E-state index in [2.05, 4.69) is 31.5 Å². The van der Waals surface area contributed by atoms with Gasteiger partial charge in [-0.2, -0.15) is 0 Å². The number of aromatic nitrogens is 2. The minimum Gasteiger partial charge on any atom is -0.352 e. The van der Waals surface area contributed by atoms with Crippen LogP contribution in [0.15, 0.2) is 47.2 Å². The van der Waals surface area contributed by atoms with Crippen LogP contribution in [0.3, 0.4) is 0 Å². The first-order chi connectivity index (χ1) is 13.8. The first-order valence-electron chi connectivity index (χ1n) is 8.70. The van der Waals surface area contributed by atoms with Crippen LogP contribution in [0.2, 0.25) is 10.0 Å². The molecule has 0 fully saturated rings. The minimum atomic E-state index is -0.423. The van der Waals surface area contributed by atoms with Gasteiger partial charge in [-0.05, 0) is 65.7 Å². The Labute approximate surface area is 186 Å². The molecule has 0 aliphatic rings. The first kappa shape index (κ1) is 21.4. The van der Waals surface area contributed by atoms with Gasteiger partial charge in [0.15, 0.2) is 5.82 Å². The summed E-state index contributed by atoms with van der Waals surface area (Å²) >= 11 is 15.8. The zero-order valence-corrected chi connectivity index (χ0v) is 18.7. The fourth-order valence-electron chi connectivity index (χ4n) is 2.86. The molecular formula is C20H17BrCl2N4O2. The Morgan fingerprint density at radius 1 is 1.21 bits per heavy atom. The van der Waals surface area contributed by atoms with E-state index in [4.69, 9.17) is 23.2 Å². The van der Waals surface area contributed by atoms with E-state index in [0.717, 1.165) is 0 Å². The van der Waals surface area contributed by atoms with Crippen LogP contribution in [-0.4, -0.2) is 27.9 Å². The fourth-order valence-corrected chi connectivity index (χ4v) is 3.76. The Balaban J connectivity index is 2.03. The number of nitrogens with one attached hydrogen (secondary N) is 2. The molecule has 150 valence electrons. The van der Waals surface area contributed by atoms with Crippen LogP contribution in [0, 0.1) is 6.92 Å². The molecule has 0 aliphatic carbocycles. The van der Waals surface area contributed by atoms with Gasteiger partial charge in [-0.3, -0.25) is 14.2 Å². The van der Waals surface area contributed by atoms with Crippen LogP contribution >= 0.6 is 39.1 Å². The van der Waals surface area contributed by atoms with Crippen molar-refractivity contribution in [3.63, 3.8) is 0 Å². The van der Waals surface area contributed by atoms with Crippen molar-refractivity contribution in [2.45, 2.75) is 13.8 Å². The highest BCUT2D eigenvalue weighted by Crippen LogP contribution is 2.28. The Bertz CT molecular complexity index is 1100. The smallest absolute Gasteiger partial charge is 0.272 e. The number of benzene rings is 1. The number of pyridine rings is 1. The molecule has 2 N–H and O–H groups in total. The van der Waals surface area contributed by atoms with Gasteiger partial charge in [0.1, 0.15) is 5.69 Å². The predicted molar refractivity (Wildman–Crippen MR) is 118 cm³/mol. The van der Waals surface area contributed by atoms with Crippen molar-refractivity contribution in [3.8, 4) is 5.82 Å². The SMILES string of the molecule is CCNC(=O)c1cc(Cl)cc(C)c1NC(=O)c1cc(Br)cn1-c1ncccc1Cl. The van der Waals surface area contributed by atoms with Crippen molar-refractivity contribution >= 4 is 56.6 Å². The molecule has 0 spiro atoms. The molecule has 29 heavy (non-hydrogen) atoms. The Morgan fingerprint density at radius 3 is 2.66 bits per heavy atom. The number of hydrogen-bond donors (Lipinski definition) is 2. The normalized spacial score (nSPS) is 10.7. The molecule has 6 nitrogen and oxygen atoms in total. The lowest BCUT2D eigenvalue weighted by atomic mass is 10.1. The zero-order valence-electron chi connectivity index (χ0n) is 15.6. The van der Waals surface area contributed by atoms with E-state index in [1.807, 2.05) is 6.92 Å². The maximum absolute atomic E-state index is 13.1. The van der Waals surface area contributed by atoms with Gasteiger partial charge in [-0.25, -0.2) is 4.98 Å². The second-order valence-electron chi connectivity index (χ2n) is 6.18.